The molecule has 2 amide bonds. The van der Waals surface area contributed by atoms with Gasteiger partial charge in [0.05, 0.1) is 11.6 Å². The van der Waals surface area contributed by atoms with E-state index in [-0.39, 0.29) is 29.9 Å². The molecule has 1 aliphatic carbocycles. The Labute approximate surface area is 202 Å². The number of rotatable bonds is 7. The molecule has 1 aromatic heterocycles. The maximum absolute atomic E-state index is 15.1. The minimum absolute atomic E-state index is 0.0110. The van der Waals surface area contributed by atoms with Crippen molar-refractivity contribution >= 4 is 11.8 Å². The summed E-state index contributed by atoms with van der Waals surface area (Å²) in [6, 6.07) is 7.46. The molecule has 2 aromatic carbocycles. The van der Waals surface area contributed by atoms with Crippen LogP contribution in [-0.4, -0.2) is 33.7 Å². The van der Waals surface area contributed by atoms with Crippen molar-refractivity contribution in [2.45, 2.75) is 50.9 Å². The van der Waals surface area contributed by atoms with Crippen molar-refractivity contribution in [1.82, 2.24) is 20.8 Å². The number of benzene rings is 2. The molecule has 12 heteroatoms. The van der Waals surface area contributed by atoms with Crippen LogP contribution in [0.4, 0.5) is 22.0 Å². The molecule has 0 unspecified atom stereocenters. The van der Waals surface area contributed by atoms with E-state index >= 15 is 4.39 Å². The molecule has 190 valence electrons. The SMILES string of the molecule is Cc1noc(-c2c(F)cccc2-c2ccc([C@@H](C)NC(=O)C3(NC(=O)CC(F)(F)F)CC3)c(F)c2)n1. The summed E-state index contributed by atoms with van der Waals surface area (Å²) in [6.07, 6.45) is -6.04. The molecule has 0 aliphatic heterocycles. The average Bonchev–Trinajstić information content (AvgIpc) is 3.43. The molecule has 0 spiro atoms. The zero-order valence-corrected chi connectivity index (χ0v) is 19.2. The lowest BCUT2D eigenvalue weighted by Gasteiger charge is -2.22. The number of halogens is 5. The number of hydrogen-bond donors (Lipinski definition) is 2. The van der Waals surface area contributed by atoms with Gasteiger partial charge in [0.15, 0.2) is 5.82 Å². The van der Waals surface area contributed by atoms with E-state index in [1.165, 1.54) is 31.2 Å². The number of aromatic nitrogens is 2. The van der Waals surface area contributed by atoms with Crippen LogP contribution >= 0.6 is 0 Å². The van der Waals surface area contributed by atoms with E-state index in [1.807, 2.05) is 0 Å². The van der Waals surface area contributed by atoms with Crippen molar-refractivity contribution in [3.63, 3.8) is 0 Å². The molecule has 4 rings (SSSR count). The second-order valence-corrected chi connectivity index (χ2v) is 8.66. The van der Waals surface area contributed by atoms with Crippen molar-refractivity contribution in [3.8, 4) is 22.6 Å². The van der Waals surface area contributed by atoms with Crippen LogP contribution in [0.15, 0.2) is 40.9 Å². The third-order valence-corrected chi connectivity index (χ3v) is 5.80. The standard InChI is InChI=1S/C24H21F5N4O3/c1-12(30-22(35)23(8-9-23)32-19(34)11-24(27,28)29)15-7-6-14(10-18(15)26)16-4-3-5-17(25)20(16)21-31-13(2)33-36-21/h3-7,10,12H,8-9,11H2,1-2H3,(H,30,35)(H,32,34)/t12-/m1/s1. The fraction of sp³-hybridized carbons (Fsp3) is 0.333. The van der Waals surface area contributed by atoms with E-state index in [4.69, 9.17) is 4.52 Å². The number of aryl methyl sites for hydroxylation is 1. The summed E-state index contributed by atoms with van der Waals surface area (Å²) >= 11 is 0. The molecule has 0 saturated heterocycles. The van der Waals surface area contributed by atoms with Crippen molar-refractivity contribution < 1.29 is 36.1 Å². The first-order valence-electron chi connectivity index (χ1n) is 11.0. The third kappa shape index (κ3) is 5.37. The van der Waals surface area contributed by atoms with Crippen LogP contribution in [0, 0.1) is 18.6 Å². The monoisotopic (exact) mass is 508 g/mol. The van der Waals surface area contributed by atoms with Crippen LogP contribution in [0.2, 0.25) is 0 Å². The molecular weight excluding hydrogens is 487 g/mol. The molecule has 1 atom stereocenters. The second-order valence-electron chi connectivity index (χ2n) is 8.66. The van der Waals surface area contributed by atoms with Crippen LogP contribution in [-0.2, 0) is 9.59 Å². The van der Waals surface area contributed by atoms with Gasteiger partial charge in [0.1, 0.15) is 23.6 Å². The van der Waals surface area contributed by atoms with Crippen molar-refractivity contribution in [2.75, 3.05) is 0 Å². The van der Waals surface area contributed by atoms with Crippen LogP contribution in [0.3, 0.4) is 0 Å². The van der Waals surface area contributed by atoms with E-state index in [9.17, 15) is 27.2 Å². The first-order chi connectivity index (χ1) is 16.9. The lowest BCUT2D eigenvalue weighted by molar-refractivity contribution is -0.155. The van der Waals surface area contributed by atoms with Crippen molar-refractivity contribution in [3.05, 3.63) is 59.4 Å². The maximum Gasteiger partial charge on any atom is 0.397 e. The van der Waals surface area contributed by atoms with Gasteiger partial charge < -0.3 is 15.2 Å². The lowest BCUT2D eigenvalue weighted by Crippen LogP contribution is -2.50. The minimum atomic E-state index is -4.70. The van der Waals surface area contributed by atoms with Crippen LogP contribution in [0.25, 0.3) is 22.6 Å². The number of nitrogens with zero attached hydrogens (tertiary/aromatic N) is 2. The van der Waals surface area contributed by atoms with E-state index in [1.54, 1.807) is 13.0 Å². The molecule has 7 nitrogen and oxygen atoms in total. The Morgan fingerprint density at radius 1 is 1.14 bits per heavy atom. The van der Waals surface area contributed by atoms with E-state index in [0.717, 1.165) is 6.07 Å². The molecule has 36 heavy (non-hydrogen) atoms. The Hall–Kier alpha value is -3.83. The maximum atomic E-state index is 15.1. The van der Waals surface area contributed by atoms with Gasteiger partial charge in [0, 0.05) is 5.56 Å². The topological polar surface area (TPSA) is 97.1 Å². The smallest absolute Gasteiger partial charge is 0.347 e. The summed E-state index contributed by atoms with van der Waals surface area (Å²) < 4.78 is 72.1. The van der Waals surface area contributed by atoms with E-state index < -0.39 is 47.6 Å². The highest BCUT2D eigenvalue weighted by atomic mass is 19.4. The van der Waals surface area contributed by atoms with Gasteiger partial charge in [-0.15, -0.1) is 0 Å². The molecule has 2 N–H and O–H groups in total. The largest absolute Gasteiger partial charge is 0.397 e. The lowest BCUT2D eigenvalue weighted by atomic mass is 9.96. The number of nitrogens with one attached hydrogen (secondary N) is 2. The highest BCUT2D eigenvalue weighted by molar-refractivity contribution is 5.94. The van der Waals surface area contributed by atoms with E-state index in [2.05, 4.69) is 20.8 Å². The predicted molar refractivity (Wildman–Crippen MR) is 117 cm³/mol. The zero-order valence-electron chi connectivity index (χ0n) is 19.2. The Kier molecular flexibility index (Phi) is 6.54. The Balaban J connectivity index is 1.52. The second kappa shape index (κ2) is 9.32. The fourth-order valence-electron chi connectivity index (χ4n) is 3.87. The van der Waals surface area contributed by atoms with Crippen molar-refractivity contribution in [2.24, 2.45) is 0 Å². The van der Waals surface area contributed by atoms with Crippen LogP contribution in [0.1, 0.15) is 43.6 Å². The summed E-state index contributed by atoms with van der Waals surface area (Å²) in [5.41, 5.74) is -0.706. The van der Waals surface area contributed by atoms with Gasteiger partial charge in [-0.25, -0.2) is 8.78 Å². The normalized spacial score (nSPS) is 15.3. The highest BCUT2D eigenvalue weighted by Gasteiger charge is 2.52. The zero-order chi connectivity index (χ0) is 26.3. The highest BCUT2D eigenvalue weighted by Crippen LogP contribution is 2.38. The van der Waals surface area contributed by atoms with Gasteiger partial charge in [-0.3, -0.25) is 9.59 Å². The number of amides is 2. The Morgan fingerprint density at radius 3 is 2.44 bits per heavy atom. The molecule has 1 heterocycles. The first kappa shape index (κ1) is 25.3. The summed E-state index contributed by atoms with van der Waals surface area (Å²) in [5, 5.41) is 8.35. The predicted octanol–water partition coefficient (Wildman–Crippen LogP) is 4.77. The van der Waals surface area contributed by atoms with Gasteiger partial charge in [-0.2, -0.15) is 18.2 Å². The summed E-state index contributed by atoms with van der Waals surface area (Å²) in [7, 11) is 0. The molecule has 1 fully saturated rings. The number of carbonyl (C=O) groups excluding carboxylic acids is 2. The fourth-order valence-corrected chi connectivity index (χ4v) is 3.87. The van der Waals surface area contributed by atoms with Gasteiger partial charge >= 0.3 is 6.18 Å². The number of alkyl halides is 3. The molecule has 1 aliphatic rings. The number of hydrogen-bond acceptors (Lipinski definition) is 5. The minimum Gasteiger partial charge on any atom is -0.347 e. The molecule has 0 radical (unpaired) electrons. The molecule has 0 bridgehead atoms. The van der Waals surface area contributed by atoms with Gasteiger partial charge in [-0.1, -0.05) is 29.4 Å². The Bertz CT molecular complexity index is 1320. The third-order valence-electron chi connectivity index (χ3n) is 5.80. The average molecular weight is 508 g/mol. The molecular formula is C24H21F5N4O3. The quantitative estimate of drug-likeness (QED) is 0.449. The van der Waals surface area contributed by atoms with Gasteiger partial charge in [0.2, 0.25) is 11.8 Å². The van der Waals surface area contributed by atoms with E-state index in [0.29, 0.717) is 17.0 Å². The van der Waals surface area contributed by atoms with Gasteiger partial charge in [-0.05, 0) is 49.9 Å². The van der Waals surface area contributed by atoms with Crippen LogP contribution in [0.5, 0.6) is 0 Å². The Morgan fingerprint density at radius 2 is 1.86 bits per heavy atom. The van der Waals surface area contributed by atoms with Crippen molar-refractivity contribution in [1.29, 1.82) is 0 Å². The first-order valence-corrected chi connectivity index (χ1v) is 11.0. The van der Waals surface area contributed by atoms with Crippen LogP contribution < -0.4 is 10.6 Å². The molecule has 3 aromatic rings. The summed E-state index contributed by atoms with van der Waals surface area (Å²) in [4.78, 5) is 28.3. The number of carbonyl (C=O) groups is 2. The van der Waals surface area contributed by atoms with Gasteiger partial charge in [0.25, 0.3) is 5.89 Å². The molecule has 1 saturated carbocycles. The summed E-state index contributed by atoms with van der Waals surface area (Å²) in [5.74, 6) is -3.11. The summed E-state index contributed by atoms with van der Waals surface area (Å²) in [6.45, 7) is 3.07.